The molecule has 1 heterocycles. The number of hydrogen-bond donors (Lipinski definition) is 1. The highest BCUT2D eigenvalue weighted by Crippen LogP contribution is 2.12. The van der Waals surface area contributed by atoms with Crippen molar-refractivity contribution in [1.82, 2.24) is 0 Å². The van der Waals surface area contributed by atoms with Crippen LogP contribution in [-0.2, 0) is 9.47 Å². The Morgan fingerprint density at radius 3 is 2.88 bits per heavy atom. The summed E-state index contributed by atoms with van der Waals surface area (Å²) in [7, 11) is 0. The Kier molecular flexibility index (Phi) is 4.83. The smallest absolute Gasteiger partial charge is 0.0809 e. The minimum atomic E-state index is 0.328. The van der Waals surface area contributed by atoms with Crippen molar-refractivity contribution < 1.29 is 9.47 Å². The molecular weight excluding hydrogens is 214 g/mol. The maximum absolute atomic E-state index is 5.58. The van der Waals surface area contributed by atoms with E-state index in [1.165, 1.54) is 12.0 Å². The highest BCUT2D eigenvalue weighted by atomic mass is 16.5. The molecular formula is C14H21NO2. The SMILES string of the molecule is Cc1ccc(NCCOCC2CCCO2)cc1. The Bertz CT molecular complexity index is 317. The van der Waals surface area contributed by atoms with Crippen molar-refractivity contribution >= 4 is 5.69 Å². The molecule has 94 valence electrons. The number of rotatable bonds is 6. The summed E-state index contributed by atoms with van der Waals surface area (Å²) in [6, 6.07) is 8.40. The number of hydrogen-bond acceptors (Lipinski definition) is 3. The fourth-order valence-corrected chi connectivity index (χ4v) is 1.93. The minimum absolute atomic E-state index is 0.328. The fraction of sp³-hybridized carbons (Fsp3) is 0.571. The summed E-state index contributed by atoms with van der Waals surface area (Å²) in [6.07, 6.45) is 2.65. The summed E-state index contributed by atoms with van der Waals surface area (Å²) in [5.41, 5.74) is 2.43. The largest absolute Gasteiger partial charge is 0.383 e. The van der Waals surface area contributed by atoms with Crippen LogP contribution < -0.4 is 5.32 Å². The third-order valence-electron chi connectivity index (χ3n) is 2.95. The molecule has 0 aliphatic carbocycles. The summed E-state index contributed by atoms with van der Waals surface area (Å²) in [6.45, 7) is 5.29. The zero-order valence-corrected chi connectivity index (χ0v) is 10.4. The topological polar surface area (TPSA) is 30.5 Å². The Labute approximate surface area is 103 Å². The lowest BCUT2D eigenvalue weighted by molar-refractivity contribution is 0.0206. The van der Waals surface area contributed by atoms with Crippen LogP contribution in [0.15, 0.2) is 24.3 Å². The van der Waals surface area contributed by atoms with Crippen molar-refractivity contribution in [2.75, 3.05) is 31.7 Å². The van der Waals surface area contributed by atoms with Crippen LogP contribution in [0.4, 0.5) is 5.69 Å². The van der Waals surface area contributed by atoms with Crippen LogP contribution in [0.1, 0.15) is 18.4 Å². The maximum Gasteiger partial charge on any atom is 0.0809 e. The van der Waals surface area contributed by atoms with Gasteiger partial charge < -0.3 is 14.8 Å². The van der Waals surface area contributed by atoms with Crippen molar-refractivity contribution in [3.05, 3.63) is 29.8 Å². The van der Waals surface area contributed by atoms with E-state index in [0.29, 0.717) is 6.10 Å². The summed E-state index contributed by atoms with van der Waals surface area (Å²) in [5, 5.41) is 3.33. The molecule has 3 nitrogen and oxygen atoms in total. The molecule has 1 aliphatic heterocycles. The van der Waals surface area contributed by atoms with Crippen LogP contribution in [0.2, 0.25) is 0 Å². The van der Waals surface area contributed by atoms with Gasteiger partial charge in [0.05, 0.1) is 19.3 Å². The summed E-state index contributed by atoms with van der Waals surface area (Å²) in [4.78, 5) is 0. The summed E-state index contributed by atoms with van der Waals surface area (Å²) >= 11 is 0. The second-order valence-electron chi connectivity index (χ2n) is 4.50. The Balaban J connectivity index is 1.55. The van der Waals surface area contributed by atoms with Gasteiger partial charge in [-0.15, -0.1) is 0 Å². The van der Waals surface area contributed by atoms with E-state index in [2.05, 4.69) is 36.5 Å². The van der Waals surface area contributed by atoms with Crippen molar-refractivity contribution in [3.8, 4) is 0 Å². The third-order valence-corrected chi connectivity index (χ3v) is 2.95. The molecule has 1 saturated heterocycles. The second-order valence-corrected chi connectivity index (χ2v) is 4.50. The predicted molar refractivity (Wildman–Crippen MR) is 69.5 cm³/mol. The normalized spacial score (nSPS) is 19.5. The first-order valence-electron chi connectivity index (χ1n) is 6.34. The molecule has 1 N–H and O–H groups in total. The molecule has 0 saturated carbocycles. The van der Waals surface area contributed by atoms with E-state index < -0.39 is 0 Å². The molecule has 0 aromatic heterocycles. The van der Waals surface area contributed by atoms with Crippen LogP contribution >= 0.6 is 0 Å². The van der Waals surface area contributed by atoms with Crippen LogP contribution in [0.3, 0.4) is 0 Å². The molecule has 0 radical (unpaired) electrons. The number of ether oxygens (including phenoxy) is 2. The monoisotopic (exact) mass is 235 g/mol. The lowest BCUT2D eigenvalue weighted by atomic mass is 10.2. The lowest BCUT2D eigenvalue weighted by Gasteiger charge is -2.11. The Hall–Kier alpha value is -1.06. The molecule has 1 atom stereocenters. The van der Waals surface area contributed by atoms with Crippen molar-refractivity contribution in [3.63, 3.8) is 0 Å². The van der Waals surface area contributed by atoms with Crippen LogP contribution in [0, 0.1) is 6.92 Å². The van der Waals surface area contributed by atoms with Gasteiger partial charge in [0.2, 0.25) is 0 Å². The Morgan fingerprint density at radius 2 is 2.18 bits per heavy atom. The first kappa shape index (κ1) is 12.4. The molecule has 1 aromatic rings. The van der Waals surface area contributed by atoms with Gasteiger partial charge >= 0.3 is 0 Å². The van der Waals surface area contributed by atoms with E-state index in [9.17, 15) is 0 Å². The fourth-order valence-electron chi connectivity index (χ4n) is 1.93. The summed E-state index contributed by atoms with van der Waals surface area (Å²) in [5.74, 6) is 0. The molecule has 17 heavy (non-hydrogen) atoms. The van der Waals surface area contributed by atoms with E-state index in [1.54, 1.807) is 0 Å². The van der Waals surface area contributed by atoms with E-state index in [-0.39, 0.29) is 0 Å². The van der Waals surface area contributed by atoms with Gasteiger partial charge in [-0.05, 0) is 31.9 Å². The maximum atomic E-state index is 5.58. The van der Waals surface area contributed by atoms with Gasteiger partial charge in [-0.1, -0.05) is 17.7 Å². The second kappa shape index (κ2) is 6.62. The zero-order chi connectivity index (χ0) is 11.9. The number of aryl methyl sites for hydroxylation is 1. The predicted octanol–water partition coefficient (Wildman–Crippen LogP) is 2.60. The van der Waals surface area contributed by atoms with Gasteiger partial charge in [0.15, 0.2) is 0 Å². The van der Waals surface area contributed by atoms with Gasteiger partial charge in [0.1, 0.15) is 0 Å². The van der Waals surface area contributed by atoms with E-state index in [4.69, 9.17) is 9.47 Å². The standard InChI is InChI=1S/C14H21NO2/c1-12-4-6-13(7-5-12)15-8-10-16-11-14-3-2-9-17-14/h4-7,14-15H,2-3,8-11H2,1H3. The molecule has 1 aliphatic rings. The van der Waals surface area contributed by atoms with Crippen LogP contribution in [0.25, 0.3) is 0 Å². The highest BCUT2D eigenvalue weighted by Gasteiger charge is 2.14. The van der Waals surface area contributed by atoms with E-state index in [1.807, 2.05) is 0 Å². The minimum Gasteiger partial charge on any atom is -0.383 e. The molecule has 1 aromatic carbocycles. The highest BCUT2D eigenvalue weighted by molar-refractivity contribution is 5.44. The van der Waals surface area contributed by atoms with Gasteiger partial charge in [-0.25, -0.2) is 0 Å². The van der Waals surface area contributed by atoms with Gasteiger partial charge in [0, 0.05) is 18.8 Å². The molecule has 3 heteroatoms. The van der Waals surface area contributed by atoms with Gasteiger partial charge in [-0.3, -0.25) is 0 Å². The van der Waals surface area contributed by atoms with Crippen LogP contribution in [-0.4, -0.2) is 32.5 Å². The molecule has 0 bridgehead atoms. The average Bonchev–Trinajstić information content (AvgIpc) is 2.84. The molecule has 2 rings (SSSR count). The first-order chi connectivity index (χ1) is 8.34. The first-order valence-corrected chi connectivity index (χ1v) is 6.34. The van der Waals surface area contributed by atoms with Crippen LogP contribution in [0.5, 0.6) is 0 Å². The molecule has 1 fully saturated rings. The number of nitrogens with one attached hydrogen (secondary N) is 1. The van der Waals surface area contributed by atoms with Crippen molar-refractivity contribution in [2.45, 2.75) is 25.9 Å². The molecule has 1 unspecified atom stereocenters. The van der Waals surface area contributed by atoms with Crippen molar-refractivity contribution in [2.24, 2.45) is 0 Å². The zero-order valence-electron chi connectivity index (χ0n) is 10.4. The number of anilines is 1. The number of benzene rings is 1. The summed E-state index contributed by atoms with van der Waals surface area (Å²) < 4.78 is 11.1. The Morgan fingerprint density at radius 1 is 1.35 bits per heavy atom. The lowest BCUT2D eigenvalue weighted by Crippen LogP contribution is -2.17. The van der Waals surface area contributed by atoms with Gasteiger partial charge in [-0.2, -0.15) is 0 Å². The van der Waals surface area contributed by atoms with Gasteiger partial charge in [0.25, 0.3) is 0 Å². The quantitative estimate of drug-likeness (QED) is 0.769. The third kappa shape index (κ3) is 4.36. The molecule has 0 amide bonds. The van der Waals surface area contributed by atoms with E-state index >= 15 is 0 Å². The molecule has 0 spiro atoms. The van der Waals surface area contributed by atoms with E-state index in [0.717, 1.165) is 38.5 Å². The van der Waals surface area contributed by atoms with Crippen molar-refractivity contribution in [1.29, 1.82) is 0 Å². The average molecular weight is 235 g/mol.